The maximum atomic E-state index is 5.47. The van der Waals surface area contributed by atoms with Crippen molar-refractivity contribution in [2.24, 2.45) is 5.92 Å². The van der Waals surface area contributed by atoms with Gasteiger partial charge >= 0.3 is 0 Å². The number of rotatable bonds is 5. The van der Waals surface area contributed by atoms with Crippen LogP contribution in [0.25, 0.3) is 0 Å². The summed E-state index contributed by atoms with van der Waals surface area (Å²) in [6.07, 6.45) is 2.51. The Balaban J connectivity index is 2.19. The summed E-state index contributed by atoms with van der Waals surface area (Å²) >= 11 is 0. The van der Waals surface area contributed by atoms with Crippen molar-refractivity contribution >= 4 is 0 Å². The molecule has 2 rings (SSSR count). The summed E-state index contributed by atoms with van der Waals surface area (Å²) in [5, 5.41) is 3.45. The lowest BCUT2D eigenvalue weighted by atomic mass is 9.89. The lowest BCUT2D eigenvalue weighted by Crippen LogP contribution is -2.23. The molecule has 0 radical (unpaired) electrons. The number of ether oxygens (including phenoxy) is 1. The van der Waals surface area contributed by atoms with Crippen molar-refractivity contribution in [1.82, 2.24) is 5.32 Å². The molecule has 94 valence electrons. The minimum Gasteiger partial charge on any atom is -0.372 e. The van der Waals surface area contributed by atoms with Crippen LogP contribution in [-0.2, 0) is 18.0 Å². The second-order valence-electron chi connectivity index (χ2n) is 5.05. The van der Waals surface area contributed by atoms with Crippen LogP contribution in [0.2, 0.25) is 0 Å². The summed E-state index contributed by atoms with van der Waals surface area (Å²) in [7, 11) is 2.06. The zero-order valence-electron chi connectivity index (χ0n) is 11.1. The molecule has 0 aliphatic carbocycles. The van der Waals surface area contributed by atoms with Crippen molar-refractivity contribution in [3.8, 4) is 0 Å². The molecule has 2 unspecified atom stereocenters. The van der Waals surface area contributed by atoms with E-state index in [1.54, 1.807) is 0 Å². The second kappa shape index (κ2) is 5.65. The van der Waals surface area contributed by atoms with Gasteiger partial charge in [-0.2, -0.15) is 0 Å². The van der Waals surface area contributed by atoms with E-state index < -0.39 is 0 Å². The Morgan fingerprint density at radius 2 is 2.06 bits per heavy atom. The van der Waals surface area contributed by atoms with Crippen LogP contribution < -0.4 is 5.32 Å². The van der Waals surface area contributed by atoms with E-state index in [0.717, 1.165) is 13.2 Å². The van der Waals surface area contributed by atoms with E-state index in [-0.39, 0.29) is 0 Å². The molecule has 0 bridgehead atoms. The average molecular weight is 233 g/mol. The lowest BCUT2D eigenvalue weighted by Gasteiger charge is -2.24. The van der Waals surface area contributed by atoms with Gasteiger partial charge in [-0.25, -0.2) is 0 Å². The van der Waals surface area contributed by atoms with Gasteiger partial charge in [-0.3, -0.25) is 0 Å². The first kappa shape index (κ1) is 12.6. The Kier molecular flexibility index (Phi) is 4.19. The summed E-state index contributed by atoms with van der Waals surface area (Å²) in [6, 6.07) is 7.25. The molecule has 1 aromatic carbocycles. The van der Waals surface area contributed by atoms with Crippen LogP contribution in [-0.4, -0.2) is 7.05 Å². The highest BCUT2D eigenvalue weighted by Crippen LogP contribution is 2.29. The molecule has 1 aliphatic heterocycles. The van der Waals surface area contributed by atoms with Crippen LogP contribution in [0.1, 0.15) is 49.4 Å². The predicted molar refractivity (Wildman–Crippen MR) is 70.8 cm³/mol. The number of hydrogen-bond donors (Lipinski definition) is 1. The topological polar surface area (TPSA) is 21.3 Å². The Labute approximate surface area is 104 Å². The summed E-state index contributed by atoms with van der Waals surface area (Å²) in [5.74, 6) is 0.672. The molecule has 1 heterocycles. The fraction of sp³-hybridized carbons (Fsp3) is 0.600. The van der Waals surface area contributed by atoms with Gasteiger partial charge < -0.3 is 10.1 Å². The molecule has 0 aromatic heterocycles. The summed E-state index contributed by atoms with van der Waals surface area (Å²) < 4.78 is 5.47. The molecule has 1 N–H and O–H groups in total. The van der Waals surface area contributed by atoms with Gasteiger partial charge in [0.2, 0.25) is 0 Å². The van der Waals surface area contributed by atoms with Crippen LogP contribution in [0.15, 0.2) is 18.2 Å². The number of fused-ring (bicyclic) bond motifs is 1. The third-order valence-corrected chi connectivity index (χ3v) is 3.73. The van der Waals surface area contributed by atoms with Crippen LogP contribution in [0.4, 0.5) is 0 Å². The number of nitrogens with one attached hydrogen (secondary N) is 1. The first-order valence-electron chi connectivity index (χ1n) is 6.63. The zero-order valence-corrected chi connectivity index (χ0v) is 11.1. The molecule has 0 spiro atoms. The Morgan fingerprint density at radius 1 is 1.29 bits per heavy atom. The highest BCUT2D eigenvalue weighted by molar-refractivity contribution is 5.34. The standard InChI is InChI=1S/C15H23NO/c1-4-5-11(2)15(16-3)12-6-7-13-9-17-10-14(13)8-12/h6-8,11,15-16H,4-5,9-10H2,1-3H3. The molecule has 17 heavy (non-hydrogen) atoms. The minimum atomic E-state index is 0.459. The van der Waals surface area contributed by atoms with Gasteiger partial charge in [0.05, 0.1) is 13.2 Å². The molecule has 2 atom stereocenters. The molecule has 0 saturated heterocycles. The van der Waals surface area contributed by atoms with Crippen molar-refractivity contribution in [3.63, 3.8) is 0 Å². The van der Waals surface area contributed by atoms with Crippen LogP contribution >= 0.6 is 0 Å². The van der Waals surface area contributed by atoms with E-state index in [9.17, 15) is 0 Å². The molecular weight excluding hydrogens is 210 g/mol. The van der Waals surface area contributed by atoms with E-state index in [1.807, 2.05) is 0 Å². The maximum absolute atomic E-state index is 5.47. The SMILES string of the molecule is CCCC(C)C(NC)c1ccc2c(c1)COC2. The van der Waals surface area contributed by atoms with Crippen LogP contribution in [0.5, 0.6) is 0 Å². The molecule has 0 saturated carbocycles. The highest BCUT2D eigenvalue weighted by Gasteiger charge is 2.19. The van der Waals surface area contributed by atoms with Gasteiger partial charge in [0.25, 0.3) is 0 Å². The van der Waals surface area contributed by atoms with Crippen molar-refractivity contribution in [2.45, 2.75) is 45.9 Å². The highest BCUT2D eigenvalue weighted by atomic mass is 16.5. The fourth-order valence-electron chi connectivity index (χ4n) is 2.79. The molecule has 0 fully saturated rings. The van der Waals surface area contributed by atoms with E-state index in [1.165, 1.54) is 29.5 Å². The van der Waals surface area contributed by atoms with E-state index >= 15 is 0 Å². The van der Waals surface area contributed by atoms with Gasteiger partial charge in [-0.05, 0) is 36.1 Å². The van der Waals surface area contributed by atoms with Crippen molar-refractivity contribution in [3.05, 3.63) is 34.9 Å². The van der Waals surface area contributed by atoms with E-state index in [2.05, 4.69) is 44.4 Å². The van der Waals surface area contributed by atoms with E-state index in [4.69, 9.17) is 4.74 Å². The normalized spacial score (nSPS) is 17.8. The third-order valence-electron chi connectivity index (χ3n) is 3.73. The summed E-state index contributed by atoms with van der Waals surface area (Å²) in [4.78, 5) is 0. The summed E-state index contributed by atoms with van der Waals surface area (Å²) in [5.41, 5.74) is 4.12. The largest absolute Gasteiger partial charge is 0.372 e. The maximum Gasteiger partial charge on any atom is 0.0725 e. The Hall–Kier alpha value is -0.860. The quantitative estimate of drug-likeness (QED) is 0.841. The lowest BCUT2D eigenvalue weighted by molar-refractivity contribution is 0.134. The van der Waals surface area contributed by atoms with Crippen LogP contribution in [0.3, 0.4) is 0 Å². The molecule has 1 aromatic rings. The first-order chi connectivity index (χ1) is 8.26. The molecule has 1 aliphatic rings. The van der Waals surface area contributed by atoms with Gasteiger partial charge in [0, 0.05) is 6.04 Å². The van der Waals surface area contributed by atoms with Gasteiger partial charge in [0.1, 0.15) is 0 Å². The van der Waals surface area contributed by atoms with E-state index in [0.29, 0.717) is 12.0 Å². The summed E-state index contributed by atoms with van der Waals surface area (Å²) in [6.45, 7) is 6.14. The molecule has 2 nitrogen and oxygen atoms in total. The van der Waals surface area contributed by atoms with Gasteiger partial charge in [-0.15, -0.1) is 0 Å². The van der Waals surface area contributed by atoms with Crippen LogP contribution in [0, 0.1) is 5.92 Å². The predicted octanol–water partition coefficient (Wildman–Crippen LogP) is 3.41. The Morgan fingerprint density at radius 3 is 2.76 bits per heavy atom. The molecule has 0 amide bonds. The number of benzene rings is 1. The third kappa shape index (κ3) is 2.70. The zero-order chi connectivity index (χ0) is 12.3. The van der Waals surface area contributed by atoms with Crippen molar-refractivity contribution in [1.29, 1.82) is 0 Å². The average Bonchev–Trinajstić information content (AvgIpc) is 2.77. The fourth-order valence-corrected chi connectivity index (χ4v) is 2.79. The Bertz CT molecular complexity index is 375. The van der Waals surface area contributed by atoms with Crippen molar-refractivity contribution < 1.29 is 4.74 Å². The van der Waals surface area contributed by atoms with Gasteiger partial charge in [0.15, 0.2) is 0 Å². The van der Waals surface area contributed by atoms with Gasteiger partial charge in [-0.1, -0.05) is 38.5 Å². The smallest absolute Gasteiger partial charge is 0.0725 e. The minimum absolute atomic E-state index is 0.459. The molecule has 2 heteroatoms. The number of hydrogen-bond acceptors (Lipinski definition) is 2. The second-order valence-corrected chi connectivity index (χ2v) is 5.05. The molecular formula is C15H23NO. The first-order valence-corrected chi connectivity index (χ1v) is 6.63. The monoisotopic (exact) mass is 233 g/mol. The van der Waals surface area contributed by atoms with Crippen molar-refractivity contribution in [2.75, 3.05) is 7.05 Å².